The summed E-state index contributed by atoms with van der Waals surface area (Å²) in [4.78, 5) is 12.9. The molecule has 6 nitrogen and oxygen atoms in total. The third kappa shape index (κ3) is 5.53. The SMILES string of the molecule is CS(=O)(=O)N1CCCc2cc(C(=O)Nc3ccc(OC(F)F)c(Cc4ccccc4)c3)ccc21. The highest BCUT2D eigenvalue weighted by molar-refractivity contribution is 7.92. The molecule has 1 heterocycles. The number of nitrogens with zero attached hydrogens (tertiary/aromatic N) is 1. The predicted octanol–water partition coefficient (Wildman–Crippen LogP) is 4.84. The molecule has 3 aromatic rings. The molecule has 0 spiro atoms. The van der Waals surface area contributed by atoms with Crippen LogP contribution in [0.3, 0.4) is 0 Å². The van der Waals surface area contributed by atoms with E-state index in [1.165, 1.54) is 16.4 Å². The van der Waals surface area contributed by atoms with E-state index >= 15 is 0 Å². The zero-order chi connectivity index (χ0) is 24.3. The average molecular weight is 487 g/mol. The summed E-state index contributed by atoms with van der Waals surface area (Å²) in [5.74, 6) is -0.334. The van der Waals surface area contributed by atoms with Gasteiger partial charge >= 0.3 is 6.61 Å². The van der Waals surface area contributed by atoms with Crippen LogP contribution < -0.4 is 14.4 Å². The first kappa shape index (κ1) is 23.7. The number of fused-ring (bicyclic) bond motifs is 1. The van der Waals surface area contributed by atoms with E-state index in [9.17, 15) is 22.0 Å². The molecule has 178 valence electrons. The van der Waals surface area contributed by atoms with Crippen molar-refractivity contribution in [2.45, 2.75) is 25.9 Å². The minimum atomic E-state index is -3.40. The molecule has 34 heavy (non-hydrogen) atoms. The highest BCUT2D eigenvalue weighted by Crippen LogP contribution is 2.31. The molecule has 0 saturated heterocycles. The number of amides is 1. The van der Waals surface area contributed by atoms with Crippen molar-refractivity contribution in [1.82, 2.24) is 0 Å². The standard InChI is InChI=1S/C25H24F2N2O4S/c1-34(31,32)29-13-5-8-18-15-19(9-11-22(18)29)24(30)28-21-10-12-23(33-25(26)27)20(16-21)14-17-6-3-2-4-7-17/h2-4,6-7,9-12,15-16,25H,5,8,13-14H2,1H3,(H,28,30). The number of rotatable bonds is 7. The second-order valence-electron chi connectivity index (χ2n) is 8.10. The Labute approximate surface area is 197 Å². The molecule has 0 aromatic heterocycles. The first-order valence-electron chi connectivity index (χ1n) is 10.7. The number of aryl methyl sites for hydroxylation is 1. The van der Waals surface area contributed by atoms with Crippen LogP contribution in [0.5, 0.6) is 5.75 Å². The Bertz CT molecular complexity index is 1300. The molecule has 0 bridgehead atoms. The topological polar surface area (TPSA) is 75.7 Å². The predicted molar refractivity (Wildman–Crippen MR) is 127 cm³/mol. The summed E-state index contributed by atoms with van der Waals surface area (Å²) in [6.45, 7) is -2.55. The second kappa shape index (κ2) is 9.80. The van der Waals surface area contributed by atoms with E-state index in [1.807, 2.05) is 30.3 Å². The van der Waals surface area contributed by atoms with Crippen molar-refractivity contribution >= 4 is 27.3 Å². The number of nitrogens with one attached hydrogen (secondary N) is 1. The van der Waals surface area contributed by atoms with Gasteiger partial charge in [-0.25, -0.2) is 8.42 Å². The smallest absolute Gasteiger partial charge is 0.387 e. The summed E-state index contributed by atoms with van der Waals surface area (Å²) in [7, 11) is -3.40. The van der Waals surface area contributed by atoms with E-state index in [0.717, 1.165) is 17.4 Å². The molecule has 1 aliphatic heterocycles. The van der Waals surface area contributed by atoms with E-state index in [2.05, 4.69) is 10.1 Å². The van der Waals surface area contributed by atoms with Crippen LogP contribution in [0.25, 0.3) is 0 Å². The number of hydrogen-bond acceptors (Lipinski definition) is 4. The fourth-order valence-corrected chi connectivity index (χ4v) is 5.07. The maximum absolute atomic E-state index is 12.9. The largest absolute Gasteiger partial charge is 0.435 e. The molecule has 0 atom stereocenters. The molecular weight excluding hydrogens is 462 g/mol. The molecule has 0 aliphatic carbocycles. The minimum absolute atomic E-state index is 0.0477. The van der Waals surface area contributed by atoms with Crippen molar-refractivity contribution in [3.05, 3.63) is 89.0 Å². The van der Waals surface area contributed by atoms with Crippen molar-refractivity contribution in [3.8, 4) is 5.75 Å². The van der Waals surface area contributed by atoms with Gasteiger partial charge < -0.3 is 10.1 Å². The Balaban J connectivity index is 1.57. The molecule has 0 saturated carbocycles. The summed E-state index contributed by atoms with van der Waals surface area (Å²) in [5, 5.41) is 2.80. The summed E-state index contributed by atoms with van der Waals surface area (Å²) in [6.07, 6.45) is 2.85. The van der Waals surface area contributed by atoms with Gasteiger partial charge in [0.25, 0.3) is 5.91 Å². The van der Waals surface area contributed by atoms with Crippen LogP contribution in [-0.2, 0) is 22.9 Å². The number of hydrogen-bond donors (Lipinski definition) is 1. The number of sulfonamides is 1. The summed E-state index contributed by atoms with van der Waals surface area (Å²) >= 11 is 0. The lowest BCUT2D eigenvalue weighted by atomic mass is 10.00. The zero-order valence-corrected chi connectivity index (χ0v) is 19.3. The molecule has 0 radical (unpaired) electrons. The van der Waals surface area contributed by atoms with Crippen LogP contribution in [0.4, 0.5) is 20.2 Å². The summed E-state index contributed by atoms with van der Waals surface area (Å²) in [6, 6.07) is 18.8. The molecule has 9 heteroatoms. The van der Waals surface area contributed by atoms with Gasteiger partial charge in [0.1, 0.15) is 5.75 Å². The lowest BCUT2D eigenvalue weighted by Gasteiger charge is -2.29. The fraction of sp³-hybridized carbons (Fsp3) is 0.240. The van der Waals surface area contributed by atoms with Crippen LogP contribution in [0.2, 0.25) is 0 Å². The Morgan fingerprint density at radius 2 is 1.85 bits per heavy atom. The van der Waals surface area contributed by atoms with E-state index in [-0.39, 0.29) is 11.7 Å². The molecule has 1 N–H and O–H groups in total. The van der Waals surface area contributed by atoms with Crippen LogP contribution in [-0.4, -0.2) is 33.7 Å². The minimum Gasteiger partial charge on any atom is -0.435 e. The van der Waals surface area contributed by atoms with Gasteiger partial charge in [-0.1, -0.05) is 30.3 Å². The van der Waals surface area contributed by atoms with Crippen molar-refractivity contribution in [3.63, 3.8) is 0 Å². The van der Waals surface area contributed by atoms with Gasteiger partial charge in [-0.05, 0) is 60.4 Å². The van der Waals surface area contributed by atoms with Gasteiger partial charge in [0, 0.05) is 29.8 Å². The van der Waals surface area contributed by atoms with Crippen LogP contribution in [0, 0.1) is 0 Å². The van der Waals surface area contributed by atoms with Crippen LogP contribution in [0.1, 0.15) is 33.5 Å². The van der Waals surface area contributed by atoms with Crippen molar-refractivity contribution < 1.29 is 26.7 Å². The van der Waals surface area contributed by atoms with Gasteiger partial charge in [0.2, 0.25) is 10.0 Å². The Morgan fingerprint density at radius 3 is 2.56 bits per heavy atom. The molecule has 0 unspecified atom stereocenters. The number of carbonyl (C=O) groups is 1. The van der Waals surface area contributed by atoms with E-state index in [4.69, 9.17) is 0 Å². The first-order valence-corrected chi connectivity index (χ1v) is 12.6. The Kier molecular flexibility index (Phi) is 6.83. The van der Waals surface area contributed by atoms with Crippen LogP contribution in [0.15, 0.2) is 66.7 Å². The number of halogens is 2. The van der Waals surface area contributed by atoms with Gasteiger partial charge in [-0.15, -0.1) is 0 Å². The lowest BCUT2D eigenvalue weighted by molar-refractivity contribution is -0.0503. The Hall–Kier alpha value is -3.46. The van der Waals surface area contributed by atoms with E-state index in [1.54, 1.807) is 24.3 Å². The second-order valence-corrected chi connectivity index (χ2v) is 10.0. The molecule has 1 amide bonds. The Morgan fingerprint density at radius 1 is 1.09 bits per heavy atom. The number of carbonyl (C=O) groups excluding carboxylic acids is 1. The van der Waals surface area contributed by atoms with Crippen molar-refractivity contribution in [2.24, 2.45) is 0 Å². The van der Waals surface area contributed by atoms with Crippen molar-refractivity contribution in [2.75, 3.05) is 22.4 Å². The lowest BCUT2D eigenvalue weighted by Crippen LogP contribution is -2.34. The van der Waals surface area contributed by atoms with Crippen molar-refractivity contribution in [1.29, 1.82) is 0 Å². The normalized spacial score (nSPS) is 13.5. The van der Waals surface area contributed by atoms with Crippen LogP contribution >= 0.6 is 0 Å². The maximum atomic E-state index is 12.9. The highest BCUT2D eigenvalue weighted by atomic mass is 32.2. The summed E-state index contributed by atoms with van der Waals surface area (Å²) in [5.41, 5.74) is 3.62. The molecule has 1 aliphatic rings. The number of anilines is 2. The highest BCUT2D eigenvalue weighted by Gasteiger charge is 2.24. The maximum Gasteiger partial charge on any atom is 0.387 e. The van der Waals surface area contributed by atoms with Gasteiger partial charge in [-0.3, -0.25) is 9.10 Å². The number of ether oxygens (including phenoxy) is 1. The third-order valence-corrected chi connectivity index (χ3v) is 6.77. The first-order chi connectivity index (χ1) is 16.2. The number of benzene rings is 3. The third-order valence-electron chi connectivity index (χ3n) is 5.59. The molecule has 4 rings (SSSR count). The quantitative estimate of drug-likeness (QED) is 0.518. The van der Waals surface area contributed by atoms with Gasteiger partial charge in [0.05, 0.1) is 11.9 Å². The molecule has 0 fully saturated rings. The number of alkyl halides is 2. The summed E-state index contributed by atoms with van der Waals surface area (Å²) < 4.78 is 55.9. The van der Waals surface area contributed by atoms with Gasteiger partial charge in [-0.2, -0.15) is 8.78 Å². The fourth-order valence-electron chi connectivity index (χ4n) is 4.07. The monoisotopic (exact) mass is 486 g/mol. The molecule has 3 aromatic carbocycles. The average Bonchev–Trinajstić information content (AvgIpc) is 2.79. The molecular formula is C25H24F2N2O4S. The van der Waals surface area contributed by atoms with Gasteiger partial charge in [0.15, 0.2) is 0 Å². The van der Waals surface area contributed by atoms with E-state index in [0.29, 0.717) is 48.3 Å². The van der Waals surface area contributed by atoms with E-state index < -0.39 is 16.6 Å². The zero-order valence-electron chi connectivity index (χ0n) is 18.5.